The molecular weight excluding hydrogens is 178 g/mol. The molecule has 0 aliphatic carbocycles. The fourth-order valence-corrected chi connectivity index (χ4v) is 1.08. The van der Waals surface area contributed by atoms with Crippen LogP contribution in [-0.4, -0.2) is 15.0 Å². The van der Waals surface area contributed by atoms with Gasteiger partial charge in [0.25, 0.3) is 0 Å². The molecule has 0 aromatic carbocycles. The minimum Gasteiger partial charge on any atom is -0.397 e. The van der Waals surface area contributed by atoms with Crippen LogP contribution in [0, 0.1) is 0 Å². The summed E-state index contributed by atoms with van der Waals surface area (Å²) < 4.78 is 0. The largest absolute Gasteiger partial charge is 0.397 e. The van der Waals surface area contributed by atoms with Crippen LogP contribution in [0.5, 0.6) is 0 Å². The zero-order valence-electron chi connectivity index (χ0n) is 7.59. The number of hydrogen-bond acceptors (Lipinski definition) is 5. The third kappa shape index (κ3) is 1.83. The Bertz CT molecular complexity index is 401. The predicted molar refractivity (Wildman–Crippen MR) is 54.7 cm³/mol. The summed E-state index contributed by atoms with van der Waals surface area (Å²) >= 11 is 0. The van der Waals surface area contributed by atoms with Gasteiger partial charge >= 0.3 is 0 Å². The summed E-state index contributed by atoms with van der Waals surface area (Å²) in [5.74, 6) is 0. The normalized spacial score (nSPS) is 9.14. The Morgan fingerprint density at radius 1 is 1.00 bits per heavy atom. The second kappa shape index (κ2) is 4.29. The van der Waals surface area contributed by atoms with E-state index in [-0.39, 0.29) is 6.15 Å². The third-order valence-electron chi connectivity index (χ3n) is 1.69. The van der Waals surface area contributed by atoms with Crippen molar-refractivity contribution in [1.82, 2.24) is 21.1 Å². The van der Waals surface area contributed by atoms with Crippen LogP contribution in [-0.2, 0) is 0 Å². The van der Waals surface area contributed by atoms with Gasteiger partial charge < -0.3 is 11.9 Å². The van der Waals surface area contributed by atoms with Crippen molar-refractivity contribution in [2.45, 2.75) is 0 Å². The number of nitrogens with two attached hydrogens (primary N) is 1. The van der Waals surface area contributed by atoms with Crippen molar-refractivity contribution < 1.29 is 0 Å². The molecule has 0 fully saturated rings. The molecule has 0 radical (unpaired) electrons. The SMILES string of the molecule is N.Nc1cnccc1-c1cnccn1. The van der Waals surface area contributed by atoms with E-state index in [0.717, 1.165) is 11.3 Å². The van der Waals surface area contributed by atoms with Crippen LogP contribution in [0.3, 0.4) is 0 Å². The number of pyridine rings is 1. The summed E-state index contributed by atoms with van der Waals surface area (Å²) in [6, 6.07) is 1.82. The van der Waals surface area contributed by atoms with Crippen molar-refractivity contribution in [2.75, 3.05) is 5.73 Å². The second-order valence-electron chi connectivity index (χ2n) is 2.55. The first-order chi connectivity index (χ1) is 6.38. The summed E-state index contributed by atoms with van der Waals surface area (Å²) in [6.07, 6.45) is 8.21. The van der Waals surface area contributed by atoms with Crippen LogP contribution in [0.15, 0.2) is 37.1 Å². The molecule has 0 unspecified atom stereocenters. The van der Waals surface area contributed by atoms with Gasteiger partial charge in [-0.3, -0.25) is 15.0 Å². The number of nitrogens with zero attached hydrogens (tertiary/aromatic N) is 3. The third-order valence-corrected chi connectivity index (χ3v) is 1.69. The molecule has 5 nitrogen and oxygen atoms in total. The molecule has 0 saturated heterocycles. The zero-order valence-corrected chi connectivity index (χ0v) is 7.59. The van der Waals surface area contributed by atoms with Crippen molar-refractivity contribution in [3.63, 3.8) is 0 Å². The molecule has 0 aliphatic rings. The van der Waals surface area contributed by atoms with Crippen molar-refractivity contribution in [1.29, 1.82) is 0 Å². The molecule has 72 valence electrons. The molecule has 0 saturated carbocycles. The summed E-state index contributed by atoms with van der Waals surface area (Å²) in [6.45, 7) is 0. The Morgan fingerprint density at radius 2 is 1.79 bits per heavy atom. The Morgan fingerprint density at radius 3 is 2.43 bits per heavy atom. The van der Waals surface area contributed by atoms with Gasteiger partial charge in [-0.2, -0.15) is 0 Å². The molecular formula is C9H11N5. The Hall–Kier alpha value is -2.01. The highest BCUT2D eigenvalue weighted by Gasteiger charge is 2.01. The Balaban J connectivity index is 0.000000980. The monoisotopic (exact) mass is 189 g/mol. The van der Waals surface area contributed by atoms with Gasteiger partial charge in [0.2, 0.25) is 0 Å². The zero-order chi connectivity index (χ0) is 9.10. The molecule has 0 atom stereocenters. The van der Waals surface area contributed by atoms with Gasteiger partial charge in [0.05, 0.1) is 23.8 Å². The van der Waals surface area contributed by atoms with Gasteiger partial charge in [0, 0.05) is 24.2 Å². The van der Waals surface area contributed by atoms with Gasteiger partial charge in [-0.05, 0) is 6.07 Å². The van der Waals surface area contributed by atoms with Crippen LogP contribution >= 0.6 is 0 Å². The first-order valence-corrected chi connectivity index (χ1v) is 3.84. The Kier molecular flexibility index (Phi) is 3.09. The highest BCUT2D eigenvalue weighted by molar-refractivity contribution is 5.71. The van der Waals surface area contributed by atoms with Crippen molar-refractivity contribution in [3.05, 3.63) is 37.1 Å². The second-order valence-corrected chi connectivity index (χ2v) is 2.55. The summed E-state index contributed by atoms with van der Waals surface area (Å²) in [4.78, 5) is 12.0. The Labute approximate surface area is 81.6 Å². The molecule has 0 aliphatic heterocycles. The van der Waals surface area contributed by atoms with Crippen LogP contribution in [0.2, 0.25) is 0 Å². The first-order valence-electron chi connectivity index (χ1n) is 3.84. The minimum atomic E-state index is 0. The van der Waals surface area contributed by atoms with E-state index in [4.69, 9.17) is 5.73 Å². The van der Waals surface area contributed by atoms with Gasteiger partial charge in [-0.25, -0.2) is 0 Å². The molecule has 0 bridgehead atoms. The van der Waals surface area contributed by atoms with Crippen LogP contribution < -0.4 is 11.9 Å². The van der Waals surface area contributed by atoms with Gasteiger partial charge in [-0.15, -0.1) is 0 Å². The first kappa shape index (κ1) is 10.1. The average Bonchev–Trinajstić information content (AvgIpc) is 2.20. The molecule has 5 N–H and O–H groups in total. The fourth-order valence-electron chi connectivity index (χ4n) is 1.08. The highest BCUT2D eigenvalue weighted by atomic mass is 14.8. The van der Waals surface area contributed by atoms with Crippen LogP contribution in [0.25, 0.3) is 11.3 Å². The number of aromatic nitrogens is 3. The van der Waals surface area contributed by atoms with E-state index in [1.807, 2.05) is 6.07 Å². The summed E-state index contributed by atoms with van der Waals surface area (Å²) in [5, 5.41) is 0. The van der Waals surface area contributed by atoms with E-state index < -0.39 is 0 Å². The van der Waals surface area contributed by atoms with Crippen molar-refractivity contribution in [2.24, 2.45) is 0 Å². The maximum Gasteiger partial charge on any atom is 0.0906 e. The molecule has 14 heavy (non-hydrogen) atoms. The number of anilines is 1. The summed E-state index contributed by atoms with van der Waals surface area (Å²) in [5.41, 5.74) is 7.97. The fraction of sp³-hybridized carbons (Fsp3) is 0. The van der Waals surface area contributed by atoms with Gasteiger partial charge in [0.1, 0.15) is 0 Å². The van der Waals surface area contributed by atoms with Gasteiger partial charge in [0.15, 0.2) is 0 Å². The van der Waals surface area contributed by atoms with Crippen molar-refractivity contribution >= 4 is 5.69 Å². The maximum absolute atomic E-state index is 5.72. The summed E-state index contributed by atoms with van der Waals surface area (Å²) in [7, 11) is 0. The van der Waals surface area contributed by atoms with E-state index in [1.54, 1.807) is 31.0 Å². The number of hydrogen-bond donors (Lipinski definition) is 2. The molecule has 0 amide bonds. The van der Waals surface area contributed by atoms with E-state index in [2.05, 4.69) is 15.0 Å². The quantitative estimate of drug-likeness (QED) is 0.703. The maximum atomic E-state index is 5.72. The van der Waals surface area contributed by atoms with Crippen LogP contribution in [0.4, 0.5) is 5.69 Å². The smallest absolute Gasteiger partial charge is 0.0906 e. The molecule has 5 heteroatoms. The standard InChI is InChI=1S/C9H8N4.H3N/c10-8-5-11-2-1-7(8)9-6-12-3-4-13-9;/h1-6H,10H2;1H3. The lowest BCUT2D eigenvalue weighted by Crippen LogP contribution is -1.92. The minimum absolute atomic E-state index is 0. The van der Waals surface area contributed by atoms with E-state index in [9.17, 15) is 0 Å². The lowest BCUT2D eigenvalue weighted by molar-refractivity contribution is 1.20. The predicted octanol–water partition coefficient (Wildman–Crippen LogP) is 1.28. The van der Waals surface area contributed by atoms with Gasteiger partial charge in [-0.1, -0.05) is 0 Å². The highest BCUT2D eigenvalue weighted by Crippen LogP contribution is 2.20. The topological polar surface area (TPSA) is 99.7 Å². The van der Waals surface area contributed by atoms with E-state index in [0.29, 0.717) is 5.69 Å². The molecule has 2 heterocycles. The molecule has 2 aromatic heterocycles. The molecule has 2 rings (SSSR count). The van der Waals surface area contributed by atoms with Crippen molar-refractivity contribution in [3.8, 4) is 11.3 Å². The lowest BCUT2D eigenvalue weighted by Gasteiger charge is -2.01. The lowest BCUT2D eigenvalue weighted by atomic mass is 10.2. The van der Waals surface area contributed by atoms with Crippen LogP contribution in [0.1, 0.15) is 0 Å². The molecule has 0 spiro atoms. The van der Waals surface area contributed by atoms with E-state index >= 15 is 0 Å². The number of nitrogen functional groups attached to an aromatic ring is 1. The number of rotatable bonds is 1. The average molecular weight is 189 g/mol. The molecule has 2 aromatic rings. The van der Waals surface area contributed by atoms with E-state index in [1.165, 1.54) is 0 Å².